The first-order valence-corrected chi connectivity index (χ1v) is 9.31. The summed E-state index contributed by atoms with van der Waals surface area (Å²) >= 11 is 0. The van der Waals surface area contributed by atoms with Gasteiger partial charge in [-0.25, -0.2) is 14.9 Å². The minimum atomic E-state index is -0.712. The first-order valence-electron chi connectivity index (χ1n) is 9.31. The van der Waals surface area contributed by atoms with Crippen molar-refractivity contribution in [1.29, 1.82) is 0 Å². The molecule has 8 heteroatoms. The third kappa shape index (κ3) is 4.06. The summed E-state index contributed by atoms with van der Waals surface area (Å²) in [5.74, 6) is -0.994. The van der Waals surface area contributed by atoms with Crippen LogP contribution in [0.1, 0.15) is 28.9 Å². The molecule has 0 saturated heterocycles. The van der Waals surface area contributed by atoms with Crippen LogP contribution in [0.4, 0.5) is 4.79 Å². The molecule has 0 aliphatic heterocycles. The van der Waals surface area contributed by atoms with Crippen LogP contribution in [0.3, 0.4) is 0 Å². The Labute approximate surface area is 167 Å². The first-order chi connectivity index (χ1) is 14.1. The quantitative estimate of drug-likeness (QED) is 0.500. The second kappa shape index (κ2) is 7.67. The van der Waals surface area contributed by atoms with E-state index < -0.39 is 11.9 Å². The van der Waals surface area contributed by atoms with Gasteiger partial charge in [0.25, 0.3) is 5.91 Å². The lowest BCUT2D eigenvalue weighted by Crippen LogP contribution is -2.48. The number of benzene rings is 2. The minimum absolute atomic E-state index is 0.0324. The predicted octanol–water partition coefficient (Wildman–Crippen LogP) is 2.25. The van der Waals surface area contributed by atoms with Gasteiger partial charge in [-0.15, -0.1) is 0 Å². The van der Waals surface area contributed by atoms with E-state index in [1.165, 1.54) is 16.4 Å². The summed E-state index contributed by atoms with van der Waals surface area (Å²) in [5.41, 5.74) is 6.24. The van der Waals surface area contributed by atoms with E-state index in [1.807, 2.05) is 36.4 Å². The van der Waals surface area contributed by atoms with Crippen LogP contribution >= 0.6 is 0 Å². The van der Waals surface area contributed by atoms with Gasteiger partial charge < -0.3 is 10.4 Å². The van der Waals surface area contributed by atoms with Crippen molar-refractivity contribution in [3.63, 3.8) is 0 Å². The number of hydrogen-bond acceptors (Lipinski definition) is 4. The summed E-state index contributed by atoms with van der Waals surface area (Å²) in [6, 6.07) is 18.6. The highest BCUT2D eigenvalue weighted by atomic mass is 16.3. The smallest absolute Gasteiger partial charge is 0.333 e. The van der Waals surface area contributed by atoms with Crippen molar-refractivity contribution >= 4 is 11.9 Å². The number of urea groups is 1. The Hall–Kier alpha value is -3.81. The number of nitrogens with one attached hydrogen (secondary N) is 3. The van der Waals surface area contributed by atoms with Crippen LogP contribution in [-0.4, -0.2) is 33.4 Å². The van der Waals surface area contributed by atoms with E-state index in [2.05, 4.69) is 33.4 Å². The van der Waals surface area contributed by atoms with Crippen LogP contribution in [0.25, 0.3) is 5.69 Å². The van der Waals surface area contributed by atoms with Crippen molar-refractivity contribution in [2.45, 2.75) is 18.3 Å². The molecular formula is C21H21N5O3. The molecule has 1 aliphatic rings. The molecule has 148 valence electrons. The molecule has 1 saturated carbocycles. The lowest BCUT2D eigenvalue weighted by molar-refractivity contribution is 0.0928. The molecule has 0 spiro atoms. The van der Waals surface area contributed by atoms with E-state index >= 15 is 0 Å². The van der Waals surface area contributed by atoms with Gasteiger partial charge >= 0.3 is 6.03 Å². The van der Waals surface area contributed by atoms with Crippen molar-refractivity contribution in [1.82, 2.24) is 25.9 Å². The van der Waals surface area contributed by atoms with Crippen LogP contribution in [0, 0.1) is 0 Å². The summed E-state index contributed by atoms with van der Waals surface area (Å²) in [7, 11) is 0. The third-order valence-electron chi connectivity index (χ3n) is 5.05. The Bertz CT molecular complexity index is 1010. The highest BCUT2D eigenvalue weighted by Gasteiger charge is 2.44. The Morgan fingerprint density at radius 3 is 2.31 bits per heavy atom. The van der Waals surface area contributed by atoms with Gasteiger partial charge in [0.15, 0.2) is 11.4 Å². The first kappa shape index (κ1) is 18.5. The molecule has 1 aliphatic carbocycles. The molecule has 4 rings (SSSR count). The Morgan fingerprint density at radius 1 is 1.00 bits per heavy atom. The van der Waals surface area contributed by atoms with E-state index in [9.17, 15) is 14.7 Å². The molecule has 0 atom stereocenters. The fourth-order valence-electron chi connectivity index (χ4n) is 3.22. The molecule has 0 unspecified atom stereocenters. The van der Waals surface area contributed by atoms with Gasteiger partial charge in [0.05, 0.1) is 11.9 Å². The summed E-state index contributed by atoms with van der Waals surface area (Å²) in [6.07, 6.45) is 3.35. The highest BCUT2D eigenvalue weighted by Crippen LogP contribution is 2.47. The topological polar surface area (TPSA) is 108 Å². The number of hydrogen-bond donors (Lipinski definition) is 4. The van der Waals surface area contributed by atoms with Crippen molar-refractivity contribution in [2.75, 3.05) is 6.54 Å². The standard InChI is InChI=1S/C21H21N5O3/c27-17-13-26(16-9-5-2-6-10-16)25-18(17)19(28)23-24-20(29)22-14-21(11-12-21)15-7-3-1-4-8-15/h1-10,13,27H,11-12,14H2,(H,23,28)(H2,22,24,29). The zero-order valence-corrected chi connectivity index (χ0v) is 15.6. The number of carbonyl (C=O) groups excluding carboxylic acids is 2. The second-order valence-corrected chi connectivity index (χ2v) is 7.05. The van der Waals surface area contributed by atoms with Crippen LogP contribution < -0.4 is 16.2 Å². The fraction of sp³-hybridized carbons (Fsp3) is 0.190. The van der Waals surface area contributed by atoms with Gasteiger partial charge in [0.2, 0.25) is 0 Å². The predicted molar refractivity (Wildman–Crippen MR) is 107 cm³/mol. The fourth-order valence-corrected chi connectivity index (χ4v) is 3.22. The Kier molecular flexibility index (Phi) is 4.90. The molecule has 0 radical (unpaired) electrons. The Morgan fingerprint density at radius 2 is 1.66 bits per heavy atom. The zero-order chi connectivity index (χ0) is 20.3. The number of rotatable bonds is 5. The number of carbonyl (C=O) groups is 2. The summed E-state index contributed by atoms with van der Waals surface area (Å²) in [4.78, 5) is 24.3. The Balaban J connectivity index is 1.31. The van der Waals surface area contributed by atoms with Crippen LogP contribution in [-0.2, 0) is 5.41 Å². The SMILES string of the molecule is O=C(NCC1(c2ccccc2)CC1)NNC(=O)c1nn(-c2ccccc2)cc1O. The molecule has 29 heavy (non-hydrogen) atoms. The van der Waals surface area contributed by atoms with Gasteiger partial charge in [0, 0.05) is 12.0 Å². The third-order valence-corrected chi connectivity index (χ3v) is 5.05. The minimum Gasteiger partial charge on any atom is -0.504 e. The van der Waals surface area contributed by atoms with Crippen molar-refractivity contribution in [3.8, 4) is 11.4 Å². The lowest BCUT2D eigenvalue weighted by atomic mass is 9.96. The summed E-state index contributed by atoms with van der Waals surface area (Å²) in [5, 5.41) is 16.9. The second-order valence-electron chi connectivity index (χ2n) is 7.05. The van der Waals surface area contributed by atoms with E-state index in [0.717, 1.165) is 12.8 Å². The van der Waals surface area contributed by atoms with E-state index in [1.54, 1.807) is 12.1 Å². The van der Waals surface area contributed by atoms with Crippen LogP contribution in [0.5, 0.6) is 5.75 Å². The number of para-hydroxylation sites is 1. The summed E-state index contributed by atoms with van der Waals surface area (Å²) < 4.78 is 1.39. The average Bonchev–Trinajstić information content (AvgIpc) is 3.46. The highest BCUT2D eigenvalue weighted by molar-refractivity contribution is 5.95. The van der Waals surface area contributed by atoms with Gasteiger partial charge in [-0.05, 0) is 30.5 Å². The molecule has 3 aromatic rings. The molecular weight excluding hydrogens is 370 g/mol. The largest absolute Gasteiger partial charge is 0.504 e. The molecule has 4 N–H and O–H groups in total. The number of nitrogens with zero attached hydrogens (tertiary/aromatic N) is 2. The monoisotopic (exact) mass is 391 g/mol. The molecule has 1 heterocycles. The van der Waals surface area contributed by atoms with E-state index in [-0.39, 0.29) is 16.9 Å². The molecule has 0 bridgehead atoms. The normalized spacial score (nSPS) is 14.1. The van der Waals surface area contributed by atoms with Gasteiger partial charge in [-0.3, -0.25) is 10.2 Å². The molecule has 1 aromatic heterocycles. The van der Waals surface area contributed by atoms with Gasteiger partial charge in [-0.2, -0.15) is 5.10 Å². The number of aromatic nitrogens is 2. The van der Waals surface area contributed by atoms with E-state index in [4.69, 9.17) is 0 Å². The molecule has 1 fully saturated rings. The molecule has 8 nitrogen and oxygen atoms in total. The van der Waals surface area contributed by atoms with Crippen molar-refractivity contribution in [3.05, 3.63) is 78.1 Å². The van der Waals surface area contributed by atoms with Crippen LogP contribution in [0.2, 0.25) is 0 Å². The number of hydrazine groups is 1. The van der Waals surface area contributed by atoms with Crippen molar-refractivity contribution < 1.29 is 14.7 Å². The average molecular weight is 391 g/mol. The van der Waals surface area contributed by atoms with Gasteiger partial charge in [-0.1, -0.05) is 48.5 Å². The van der Waals surface area contributed by atoms with Gasteiger partial charge in [0.1, 0.15) is 0 Å². The van der Waals surface area contributed by atoms with Crippen molar-refractivity contribution in [2.24, 2.45) is 0 Å². The maximum Gasteiger partial charge on any atom is 0.333 e. The number of aromatic hydroxyl groups is 1. The molecule has 2 aromatic carbocycles. The maximum absolute atomic E-state index is 12.3. The number of amides is 3. The maximum atomic E-state index is 12.3. The zero-order valence-electron chi connectivity index (χ0n) is 15.6. The van der Waals surface area contributed by atoms with Crippen LogP contribution in [0.15, 0.2) is 66.9 Å². The van der Waals surface area contributed by atoms with E-state index in [0.29, 0.717) is 12.2 Å². The molecule has 3 amide bonds. The lowest BCUT2D eigenvalue weighted by Gasteiger charge is -2.17. The summed E-state index contributed by atoms with van der Waals surface area (Å²) in [6.45, 7) is 0.479.